The predicted octanol–water partition coefficient (Wildman–Crippen LogP) is 3.31. The summed E-state index contributed by atoms with van der Waals surface area (Å²) in [6.07, 6.45) is 0. The molecular weight excluding hydrogens is 438 g/mol. The fraction of sp³-hybridized carbons (Fsp3) is 0.200. The molecule has 2 aliphatic heterocycles. The number of rotatable bonds is 4. The van der Waals surface area contributed by atoms with E-state index >= 15 is 0 Å². The van der Waals surface area contributed by atoms with Crippen molar-refractivity contribution in [1.29, 1.82) is 0 Å². The van der Waals surface area contributed by atoms with Crippen LogP contribution in [0, 0.1) is 6.92 Å². The van der Waals surface area contributed by atoms with Gasteiger partial charge < -0.3 is 4.90 Å². The number of carbonyl (C=O) groups excluding carboxylic acids is 2. The molecule has 2 heterocycles. The number of carbonyl (C=O) groups is 2. The maximum atomic E-state index is 13.2. The molecule has 0 spiro atoms. The van der Waals surface area contributed by atoms with Crippen LogP contribution in [0.25, 0.3) is 0 Å². The first-order chi connectivity index (χ1) is 15.9. The van der Waals surface area contributed by atoms with Gasteiger partial charge in [-0.25, -0.2) is 13.3 Å². The molecule has 0 atom stereocenters. The summed E-state index contributed by atoms with van der Waals surface area (Å²) in [5.41, 5.74) is 3.33. The van der Waals surface area contributed by atoms with Crippen LogP contribution in [-0.4, -0.2) is 50.7 Å². The standard InChI is InChI=1S/C25H23N3O4S/c1-18-6-8-19(9-7-18)26-14-16-27(17-15-26)33(31,32)21-12-10-20(11-13-21)28-24(29)22-4-2-3-5-23(22)25(28)30/h2-13H,14-17H2,1H3. The molecule has 5 rings (SSSR count). The summed E-state index contributed by atoms with van der Waals surface area (Å²) in [4.78, 5) is 28.8. The molecule has 0 unspecified atom stereocenters. The molecule has 0 radical (unpaired) electrons. The lowest BCUT2D eigenvalue weighted by molar-refractivity contribution is 0.0926. The Morgan fingerprint density at radius 2 is 1.18 bits per heavy atom. The molecule has 2 aliphatic rings. The van der Waals surface area contributed by atoms with Crippen LogP contribution in [0.15, 0.2) is 77.7 Å². The summed E-state index contributed by atoms with van der Waals surface area (Å²) < 4.78 is 27.8. The van der Waals surface area contributed by atoms with Gasteiger partial charge in [0, 0.05) is 31.9 Å². The highest BCUT2D eigenvalue weighted by Crippen LogP contribution is 2.30. The third-order valence-corrected chi connectivity index (χ3v) is 8.08. The second-order valence-corrected chi connectivity index (χ2v) is 10.1. The van der Waals surface area contributed by atoms with Crippen LogP contribution in [0.2, 0.25) is 0 Å². The zero-order valence-corrected chi connectivity index (χ0v) is 19.0. The zero-order chi connectivity index (χ0) is 23.2. The molecular formula is C25H23N3O4S. The maximum absolute atomic E-state index is 13.2. The van der Waals surface area contributed by atoms with Crippen LogP contribution in [0.4, 0.5) is 11.4 Å². The number of hydrogen-bond donors (Lipinski definition) is 0. The quantitative estimate of drug-likeness (QED) is 0.557. The van der Waals surface area contributed by atoms with Gasteiger partial charge >= 0.3 is 0 Å². The van der Waals surface area contributed by atoms with Crippen molar-refractivity contribution < 1.29 is 18.0 Å². The third-order valence-electron chi connectivity index (χ3n) is 6.16. The van der Waals surface area contributed by atoms with Gasteiger partial charge in [0.15, 0.2) is 0 Å². The van der Waals surface area contributed by atoms with E-state index in [0.29, 0.717) is 43.0 Å². The van der Waals surface area contributed by atoms with Crippen LogP contribution in [-0.2, 0) is 10.0 Å². The smallest absolute Gasteiger partial charge is 0.266 e. The molecule has 1 saturated heterocycles. The molecule has 168 valence electrons. The Hall–Kier alpha value is -3.49. The topological polar surface area (TPSA) is 78.0 Å². The molecule has 33 heavy (non-hydrogen) atoms. The van der Waals surface area contributed by atoms with Crippen LogP contribution in [0.5, 0.6) is 0 Å². The molecule has 1 fully saturated rings. The monoisotopic (exact) mass is 461 g/mol. The molecule has 0 N–H and O–H groups in total. The lowest BCUT2D eigenvalue weighted by Crippen LogP contribution is -2.48. The van der Waals surface area contributed by atoms with Crippen LogP contribution in [0.1, 0.15) is 26.3 Å². The van der Waals surface area contributed by atoms with Gasteiger partial charge in [-0.05, 0) is 55.5 Å². The zero-order valence-electron chi connectivity index (χ0n) is 18.1. The maximum Gasteiger partial charge on any atom is 0.266 e. The van der Waals surface area contributed by atoms with Gasteiger partial charge in [0.1, 0.15) is 0 Å². The first-order valence-electron chi connectivity index (χ1n) is 10.8. The summed E-state index contributed by atoms with van der Waals surface area (Å²) >= 11 is 0. The highest BCUT2D eigenvalue weighted by Gasteiger charge is 2.36. The van der Waals surface area contributed by atoms with Gasteiger partial charge in [0.05, 0.1) is 21.7 Å². The van der Waals surface area contributed by atoms with E-state index in [9.17, 15) is 18.0 Å². The Balaban J connectivity index is 1.31. The van der Waals surface area contributed by atoms with Crippen molar-refractivity contribution >= 4 is 33.2 Å². The minimum atomic E-state index is -3.68. The van der Waals surface area contributed by atoms with E-state index in [1.54, 1.807) is 24.3 Å². The first-order valence-corrected chi connectivity index (χ1v) is 12.2. The normalized spacial score (nSPS) is 16.9. The lowest BCUT2D eigenvalue weighted by atomic mass is 10.1. The minimum absolute atomic E-state index is 0.145. The van der Waals surface area contributed by atoms with Gasteiger partial charge in [-0.15, -0.1) is 0 Å². The van der Waals surface area contributed by atoms with Gasteiger partial charge in [0.2, 0.25) is 10.0 Å². The molecule has 2 amide bonds. The minimum Gasteiger partial charge on any atom is -0.369 e. The molecule has 3 aromatic rings. The van der Waals surface area contributed by atoms with E-state index in [-0.39, 0.29) is 4.90 Å². The average molecular weight is 462 g/mol. The Morgan fingerprint density at radius 3 is 1.73 bits per heavy atom. The highest BCUT2D eigenvalue weighted by atomic mass is 32.2. The third kappa shape index (κ3) is 3.71. The average Bonchev–Trinajstić information content (AvgIpc) is 3.10. The fourth-order valence-corrected chi connectivity index (χ4v) is 5.70. The lowest BCUT2D eigenvalue weighted by Gasteiger charge is -2.35. The van der Waals surface area contributed by atoms with Crippen molar-refractivity contribution in [2.75, 3.05) is 36.0 Å². The fourth-order valence-electron chi connectivity index (χ4n) is 4.28. The summed E-state index contributed by atoms with van der Waals surface area (Å²) in [7, 11) is -3.68. The van der Waals surface area contributed by atoms with Crippen LogP contribution >= 0.6 is 0 Å². The number of hydrogen-bond acceptors (Lipinski definition) is 5. The Kier molecular flexibility index (Phi) is 5.26. The second kappa shape index (κ2) is 8.13. The molecule has 0 aliphatic carbocycles. The van der Waals surface area contributed by atoms with Crippen molar-refractivity contribution in [2.24, 2.45) is 0 Å². The SMILES string of the molecule is Cc1ccc(N2CCN(S(=O)(=O)c3ccc(N4C(=O)c5ccccc5C4=O)cc3)CC2)cc1. The van der Waals surface area contributed by atoms with E-state index in [0.717, 1.165) is 10.6 Å². The first kappa shape index (κ1) is 21.4. The van der Waals surface area contributed by atoms with E-state index in [4.69, 9.17) is 0 Å². The molecule has 0 saturated carbocycles. The van der Waals surface area contributed by atoms with Crippen LogP contribution < -0.4 is 9.80 Å². The predicted molar refractivity (Wildman–Crippen MR) is 126 cm³/mol. The number of piperazine rings is 1. The summed E-state index contributed by atoms with van der Waals surface area (Å²) in [5, 5.41) is 0. The largest absolute Gasteiger partial charge is 0.369 e. The molecule has 7 nitrogen and oxygen atoms in total. The van der Waals surface area contributed by atoms with Gasteiger partial charge in [-0.1, -0.05) is 29.8 Å². The molecule has 8 heteroatoms. The number of anilines is 2. The van der Waals surface area contributed by atoms with Gasteiger partial charge in [0.25, 0.3) is 11.8 Å². The Bertz CT molecular complexity index is 1290. The van der Waals surface area contributed by atoms with Crippen LogP contribution in [0.3, 0.4) is 0 Å². The second-order valence-electron chi connectivity index (χ2n) is 8.21. The van der Waals surface area contributed by atoms with Crippen molar-refractivity contribution in [1.82, 2.24) is 4.31 Å². The summed E-state index contributed by atoms with van der Waals surface area (Å²) in [5.74, 6) is -0.808. The summed E-state index contributed by atoms with van der Waals surface area (Å²) in [6.45, 7) is 4.02. The molecule has 3 aromatic carbocycles. The van der Waals surface area contributed by atoms with Gasteiger partial charge in [-0.2, -0.15) is 4.31 Å². The number of nitrogens with zero attached hydrogens (tertiary/aromatic N) is 3. The van der Waals surface area contributed by atoms with Crippen molar-refractivity contribution in [3.05, 3.63) is 89.5 Å². The number of sulfonamides is 1. The van der Waals surface area contributed by atoms with Gasteiger partial charge in [-0.3, -0.25) is 9.59 Å². The Morgan fingerprint density at radius 1 is 0.667 bits per heavy atom. The summed E-state index contributed by atoms with van der Waals surface area (Å²) in [6, 6.07) is 20.8. The van der Waals surface area contributed by atoms with Crippen molar-refractivity contribution in [3.8, 4) is 0 Å². The number of aryl methyl sites for hydroxylation is 1. The number of benzene rings is 3. The number of imide groups is 1. The van der Waals surface area contributed by atoms with Crippen molar-refractivity contribution in [3.63, 3.8) is 0 Å². The molecule has 0 aromatic heterocycles. The van der Waals surface area contributed by atoms with Crippen molar-refractivity contribution in [2.45, 2.75) is 11.8 Å². The Labute approximate surface area is 192 Å². The number of amides is 2. The van der Waals surface area contributed by atoms with E-state index in [1.807, 2.05) is 19.1 Å². The van der Waals surface area contributed by atoms with E-state index < -0.39 is 21.8 Å². The highest BCUT2D eigenvalue weighted by molar-refractivity contribution is 7.89. The van der Waals surface area contributed by atoms with E-state index in [1.165, 1.54) is 34.1 Å². The number of fused-ring (bicyclic) bond motifs is 1. The molecule has 0 bridgehead atoms. The van der Waals surface area contributed by atoms with E-state index in [2.05, 4.69) is 17.0 Å².